The second kappa shape index (κ2) is 4.30. The van der Waals surface area contributed by atoms with Crippen molar-refractivity contribution in [2.45, 2.75) is 20.4 Å². The van der Waals surface area contributed by atoms with Crippen molar-refractivity contribution in [2.75, 3.05) is 6.61 Å². The lowest BCUT2D eigenvalue weighted by Gasteiger charge is -2.02. The molecule has 5 heteroatoms. The highest BCUT2D eigenvalue weighted by molar-refractivity contribution is 5.77. The normalized spacial score (nSPS) is 10.6. The number of hydrogen-bond donors (Lipinski definition) is 0. The Balaban J connectivity index is 2.21. The minimum Gasteiger partial charge on any atom is -0.464 e. The number of hydrogen-bond acceptors (Lipinski definition) is 4. The van der Waals surface area contributed by atoms with Gasteiger partial charge in [0.2, 0.25) is 0 Å². The van der Waals surface area contributed by atoms with Gasteiger partial charge in [-0.1, -0.05) is 0 Å². The number of pyridine rings is 1. The third kappa shape index (κ3) is 2.03. The van der Waals surface area contributed by atoms with E-state index in [1.54, 1.807) is 10.9 Å². The summed E-state index contributed by atoms with van der Waals surface area (Å²) in [5.74, 6) is -0.277. The van der Waals surface area contributed by atoms with Gasteiger partial charge in [-0.2, -0.15) is 5.10 Å². The zero-order valence-electron chi connectivity index (χ0n) is 9.30. The van der Waals surface area contributed by atoms with Crippen molar-refractivity contribution in [1.82, 2.24) is 14.8 Å². The maximum absolute atomic E-state index is 10.6. The first-order valence-electron chi connectivity index (χ1n) is 5.10. The van der Waals surface area contributed by atoms with Crippen molar-refractivity contribution in [2.24, 2.45) is 0 Å². The molecule has 0 aliphatic rings. The molecule has 84 valence electrons. The summed E-state index contributed by atoms with van der Waals surface area (Å²) in [6.07, 6.45) is 1.73. The molecule has 5 nitrogen and oxygen atoms in total. The van der Waals surface area contributed by atoms with Gasteiger partial charge in [-0.15, -0.1) is 0 Å². The van der Waals surface area contributed by atoms with Crippen LogP contribution in [0.4, 0.5) is 0 Å². The summed E-state index contributed by atoms with van der Waals surface area (Å²) in [6.45, 7) is 4.18. The van der Waals surface area contributed by atoms with E-state index in [1.165, 1.54) is 6.92 Å². The van der Waals surface area contributed by atoms with Gasteiger partial charge < -0.3 is 4.74 Å². The lowest BCUT2D eigenvalue weighted by atomic mass is 10.3. The Bertz CT molecular complexity index is 519. The Morgan fingerprint density at radius 2 is 2.38 bits per heavy atom. The highest BCUT2D eigenvalue weighted by Crippen LogP contribution is 2.14. The summed E-state index contributed by atoms with van der Waals surface area (Å²) in [5.41, 5.74) is 1.76. The Hall–Kier alpha value is -1.91. The number of carbonyl (C=O) groups excluding carboxylic acids is 1. The van der Waals surface area contributed by atoms with E-state index in [9.17, 15) is 4.79 Å². The first kappa shape index (κ1) is 10.6. The summed E-state index contributed by atoms with van der Waals surface area (Å²) in [5, 5.41) is 5.38. The van der Waals surface area contributed by atoms with Gasteiger partial charge in [0.05, 0.1) is 12.2 Å². The minimum absolute atomic E-state index is 0.277. The quantitative estimate of drug-likeness (QED) is 0.730. The molecule has 2 heterocycles. The first-order chi connectivity index (χ1) is 7.68. The van der Waals surface area contributed by atoms with Crippen LogP contribution in [0, 0.1) is 6.92 Å². The molecule has 0 radical (unpaired) electrons. The Morgan fingerprint density at radius 3 is 3.12 bits per heavy atom. The summed E-state index contributed by atoms with van der Waals surface area (Å²) in [6, 6.07) is 3.86. The highest BCUT2D eigenvalue weighted by Gasteiger charge is 2.07. The van der Waals surface area contributed by atoms with Crippen LogP contribution in [0.3, 0.4) is 0 Å². The third-order valence-corrected chi connectivity index (χ3v) is 2.30. The fourth-order valence-corrected chi connectivity index (χ4v) is 1.60. The average molecular weight is 219 g/mol. The van der Waals surface area contributed by atoms with Crippen molar-refractivity contribution < 1.29 is 9.53 Å². The maximum atomic E-state index is 10.6. The molecule has 2 aromatic rings. The van der Waals surface area contributed by atoms with Crippen molar-refractivity contribution >= 4 is 17.0 Å². The molecule has 0 bridgehead atoms. The summed E-state index contributed by atoms with van der Waals surface area (Å²) < 4.78 is 6.63. The molecule has 0 N–H and O–H groups in total. The smallest absolute Gasteiger partial charge is 0.302 e. The average Bonchev–Trinajstić information content (AvgIpc) is 2.57. The molecule has 0 fully saturated rings. The summed E-state index contributed by atoms with van der Waals surface area (Å²) in [7, 11) is 0. The van der Waals surface area contributed by atoms with Gasteiger partial charge in [-0.25, -0.2) is 9.67 Å². The van der Waals surface area contributed by atoms with Crippen LogP contribution in [-0.2, 0) is 16.1 Å². The Kier molecular flexibility index (Phi) is 2.85. The van der Waals surface area contributed by atoms with Crippen LogP contribution in [0.15, 0.2) is 18.3 Å². The number of rotatable bonds is 3. The van der Waals surface area contributed by atoms with Crippen LogP contribution in [-0.4, -0.2) is 27.3 Å². The minimum atomic E-state index is -0.277. The number of aromatic nitrogens is 3. The maximum Gasteiger partial charge on any atom is 0.302 e. The number of esters is 1. The van der Waals surface area contributed by atoms with E-state index >= 15 is 0 Å². The van der Waals surface area contributed by atoms with Crippen LogP contribution in [0.2, 0.25) is 0 Å². The van der Waals surface area contributed by atoms with Crippen molar-refractivity contribution in [3.8, 4) is 0 Å². The van der Waals surface area contributed by atoms with Gasteiger partial charge in [-0.05, 0) is 19.1 Å². The molecule has 0 amide bonds. The molecule has 0 aliphatic carbocycles. The molecule has 0 saturated heterocycles. The molecule has 0 spiro atoms. The fourth-order valence-electron chi connectivity index (χ4n) is 1.60. The predicted octanol–water partition coefficient (Wildman–Crippen LogP) is 1.30. The van der Waals surface area contributed by atoms with E-state index in [4.69, 9.17) is 4.74 Å². The zero-order valence-corrected chi connectivity index (χ0v) is 9.30. The number of fused-ring (bicyclic) bond motifs is 1. The zero-order chi connectivity index (χ0) is 11.5. The highest BCUT2D eigenvalue weighted by atomic mass is 16.5. The predicted molar refractivity (Wildman–Crippen MR) is 58.9 cm³/mol. The van der Waals surface area contributed by atoms with Crippen molar-refractivity contribution in [3.05, 3.63) is 24.0 Å². The topological polar surface area (TPSA) is 57.0 Å². The van der Waals surface area contributed by atoms with Crippen LogP contribution in [0.5, 0.6) is 0 Å². The number of aryl methyl sites for hydroxylation is 1. The van der Waals surface area contributed by atoms with Gasteiger partial charge in [0.25, 0.3) is 0 Å². The third-order valence-electron chi connectivity index (χ3n) is 2.30. The number of nitrogens with zero attached hydrogens (tertiary/aromatic N) is 3. The standard InChI is InChI=1S/C11H13N3O2/c1-8-10-4-3-5-12-11(10)14(13-8)6-7-16-9(2)15/h3-5H,6-7H2,1-2H3. The largest absolute Gasteiger partial charge is 0.464 e. The molecule has 0 atom stereocenters. The summed E-state index contributed by atoms with van der Waals surface area (Å²) in [4.78, 5) is 14.9. The molecule has 2 aromatic heterocycles. The first-order valence-corrected chi connectivity index (χ1v) is 5.10. The van der Waals surface area contributed by atoms with Crippen molar-refractivity contribution in [1.29, 1.82) is 0 Å². The van der Waals surface area contributed by atoms with Crippen LogP contribution < -0.4 is 0 Å². The van der Waals surface area contributed by atoms with Gasteiger partial charge in [0, 0.05) is 18.5 Å². The van der Waals surface area contributed by atoms with E-state index in [0.29, 0.717) is 13.2 Å². The molecule has 0 saturated carbocycles. The Morgan fingerprint density at radius 1 is 1.56 bits per heavy atom. The van der Waals surface area contributed by atoms with E-state index in [0.717, 1.165) is 16.7 Å². The molecule has 16 heavy (non-hydrogen) atoms. The van der Waals surface area contributed by atoms with E-state index in [-0.39, 0.29) is 5.97 Å². The van der Waals surface area contributed by atoms with Gasteiger partial charge in [0.15, 0.2) is 5.65 Å². The second-order valence-corrected chi connectivity index (χ2v) is 3.52. The number of carbonyl (C=O) groups is 1. The van der Waals surface area contributed by atoms with Crippen LogP contribution in [0.1, 0.15) is 12.6 Å². The molecular weight excluding hydrogens is 206 g/mol. The SMILES string of the molecule is CC(=O)OCCn1nc(C)c2cccnc21. The van der Waals surface area contributed by atoms with E-state index < -0.39 is 0 Å². The van der Waals surface area contributed by atoms with E-state index in [2.05, 4.69) is 10.1 Å². The molecule has 2 rings (SSSR count). The second-order valence-electron chi connectivity index (χ2n) is 3.52. The van der Waals surface area contributed by atoms with Gasteiger partial charge >= 0.3 is 5.97 Å². The lowest BCUT2D eigenvalue weighted by Crippen LogP contribution is -2.10. The molecule has 0 unspecified atom stereocenters. The van der Waals surface area contributed by atoms with Crippen molar-refractivity contribution in [3.63, 3.8) is 0 Å². The van der Waals surface area contributed by atoms with Gasteiger partial charge in [0.1, 0.15) is 6.61 Å². The van der Waals surface area contributed by atoms with Crippen LogP contribution >= 0.6 is 0 Å². The Labute approximate surface area is 93.0 Å². The van der Waals surface area contributed by atoms with Crippen LogP contribution in [0.25, 0.3) is 11.0 Å². The van der Waals surface area contributed by atoms with Gasteiger partial charge in [-0.3, -0.25) is 4.79 Å². The monoisotopic (exact) mass is 219 g/mol. The molecule has 0 aromatic carbocycles. The lowest BCUT2D eigenvalue weighted by molar-refractivity contribution is -0.141. The van der Waals surface area contributed by atoms with E-state index in [1.807, 2.05) is 19.1 Å². The molecular formula is C11H13N3O2. The molecule has 0 aliphatic heterocycles. The summed E-state index contributed by atoms with van der Waals surface area (Å²) >= 11 is 0. The fraction of sp³-hybridized carbons (Fsp3) is 0.364. The number of ether oxygens (including phenoxy) is 1.